The number of furan rings is 1. The van der Waals surface area contributed by atoms with E-state index in [-0.39, 0.29) is 23.4 Å². The lowest BCUT2D eigenvalue weighted by molar-refractivity contribution is -0.137. The molecule has 2 amide bonds. The van der Waals surface area contributed by atoms with E-state index < -0.39 is 12.1 Å². The van der Waals surface area contributed by atoms with E-state index >= 15 is 0 Å². The van der Waals surface area contributed by atoms with Crippen molar-refractivity contribution >= 4 is 11.8 Å². The number of carbonyl (C=O) groups excluding carboxylic acids is 2. The van der Waals surface area contributed by atoms with Crippen LogP contribution in [0.5, 0.6) is 5.75 Å². The van der Waals surface area contributed by atoms with E-state index in [4.69, 9.17) is 9.15 Å². The summed E-state index contributed by atoms with van der Waals surface area (Å²) < 4.78 is 25.3. The largest absolute Gasteiger partial charge is 0.481 e. The lowest BCUT2D eigenvalue weighted by Crippen LogP contribution is -2.41. The number of hydrogen-bond donors (Lipinski definition) is 0. The van der Waals surface area contributed by atoms with E-state index in [9.17, 15) is 14.0 Å². The van der Waals surface area contributed by atoms with E-state index in [1.54, 1.807) is 29.2 Å². The van der Waals surface area contributed by atoms with Crippen molar-refractivity contribution in [1.29, 1.82) is 0 Å². The Balaban J connectivity index is 1.49. The van der Waals surface area contributed by atoms with Gasteiger partial charge in [0, 0.05) is 19.6 Å². The van der Waals surface area contributed by atoms with Gasteiger partial charge >= 0.3 is 0 Å². The number of ether oxygens (including phenoxy) is 1. The Morgan fingerprint density at radius 1 is 1.09 bits per heavy atom. The van der Waals surface area contributed by atoms with Gasteiger partial charge in [-0.05, 0) is 78.8 Å². The van der Waals surface area contributed by atoms with Gasteiger partial charge in [-0.3, -0.25) is 9.59 Å². The van der Waals surface area contributed by atoms with E-state index in [0.717, 1.165) is 42.6 Å². The molecule has 1 fully saturated rings. The number of rotatable bonds is 6. The minimum atomic E-state index is -0.556. The highest BCUT2D eigenvalue weighted by molar-refractivity contribution is 5.92. The first-order chi connectivity index (χ1) is 17.0. The summed E-state index contributed by atoms with van der Waals surface area (Å²) in [6, 6.07) is 14.9. The fourth-order valence-electron chi connectivity index (χ4n) is 5.05. The minimum Gasteiger partial charge on any atom is -0.481 e. The van der Waals surface area contributed by atoms with Crippen LogP contribution in [0.4, 0.5) is 4.39 Å². The van der Waals surface area contributed by atoms with E-state index in [1.165, 1.54) is 18.4 Å². The molecule has 2 aromatic carbocycles. The zero-order valence-electron chi connectivity index (χ0n) is 19.8. The molecule has 0 saturated carbocycles. The zero-order valence-corrected chi connectivity index (χ0v) is 19.8. The first-order valence-corrected chi connectivity index (χ1v) is 12.2. The first kappa shape index (κ1) is 23.1. The molecule has 7 heteroatoms. The van der Waals surface area contributed by atoms with E-state index in [1.807, 2.05) is 30.0 Å². The molecule has 2 atom stereocenters. The first-order valence-electron chi connectivity index (χ1n) is 12.2. The normalized spacial score (nSPS) is 18.3. The number of likely N-dealkylation sites (tertiary alicyclic amines) is 1. The number of amides is 2. The van der Waals surface area contributed by atoms with E-state index in [0.29, 0.717) is 25.1 Å². The van der Waals surface area contributed by atoms with Crippen molar-refractivity contribution in [2.45, 2.75) is 44.8 Å². The van der Waals surface area contributed by atoms with Gasteiger partial charge < -0.3 is 19.0 Å². The molecule has 3 heterocycles. The Hall–Kier alpha value is -3.61. The third kappa shape index (κ3) is 4.67. The molecule has 1 saturated heterocycles. The highest BCUT2D eigenvalue weighted by atomic mass is 19.1. The molecule has 0 aliphatic carbocycles. The van der Waals surface area contributed by atoms with Gasteiger partial charge in [0.1, 0.15) is 11.6 Å². The molecular formula is C28H29FN2O4. The van der Waals surface area contributed by atoms with Gasteiger partial charge in [-0.1, -0.05) is 25.1 Å². The summed E-state index contributed by atoms with van der Waals surface area (Å²) >= 11 is 0. The number of hydrogen-bond acceptors (Lipinski definition) is 4. The summed E-state index contributed by atoms with van der Waals surface area (Å²) in [5.41, 5.74) is 2.79. The average Bonchev–Trinajstić information content (AvgIpc) is 3.61. The van der Waals surface area contributed by atoms with Crippen molar-refractivity contribution in [3.05, 3.63) is 89.1 Å². The maximum atomic E-state index is 13.7. The standard InChI is InChI=1S/C28H29FN2O4/c1-2-24(27(32)30-14-3-4-15-30)35-22-12-9-19-13-16-31(28(33)25-6-5-17-34-25)26(23(19)18-22)20-7-10-21(29)11-8-20/h5-12,17-18,24,26H,2-4,13-16H2,1H3. The SMILES string of the molecule is CCC(Oc1ccc2c(c1)C(c1ccc(F)cc1)N(C(=O)c1ccco1)CC2)C(=O)N1CCCC1. The molecule has 0 radical (unpaired) electrons. The number of fused-ring (bicyclic) bond motifs is 1. The smallest absolute Gasteiger partial charge is 0.290 e. The van der Waals surface area contributed by atoms with Crippen LogP contribution in [0, 0.1) is 5.82 Å². The van der Waals surface area contributed by atoms with Crippen LogP contribution in [0.1, 0.15) is 59.5 Å². The predicted octanol–water partition coefficient (Wildman–Crippen LogP) is 4.99. The van der Waals surface area contributed by atoms with Crippen molar-refractivity contribution < 1.29 is 23.1 Å². The second-order valence-corrected chi connectivity index (χ2v) is 9.09. The van der Waals surface area contributed by atoms with Crippen molar-refractivity contribution in [3.8, 4) is 5.75 Å². The topological polar surface area (TPSA) is 63.0 Å². The minimum absolute atomic E-state index is 0.0208. The van der Waals surface area contributed by atoms with Gasteiger partial charge in [-0.2, -0.15) is 0 Å². The highest BCUT2D eigenvalue weighted by Crippen LogP contribution is 2.38. The lowest BCUT2D eigenvalue weighted by atomic mass is 9.87. The Morgan fingerprint density at radius 3 is 2.54 bits per heavy atom. The Bertz CT molecular complexity index is 1190. The maximum Gasteiger partial charge on any atom is 0.290 e. The molecular weight excluding hydrogens is 447 g/mol. The zero-order chi connectivity index (χ0) is 24.4. The Kier molecular flexibility index (Phi) is 6.57. The number of halogens is 1. The number of nitrogens with zero attached hydrogens (tertiary/aromatic N) is 2. The van der Waals surface area contributed by atoms with Crippen molar-refractivity contribution in [2.24, 2.45) is 0 Å². The van der Waals surface area contributed by atoms with Gasteiger partial charge in [0.25, 0.3) is 11.8 Å². The molecule has 6 nitrogen and oxygen atoms in total. The molecule has 0 N–H and O–H groups in total. The van der Waals surface area contributed by atoms with Crippen LogP contribution < -0.4 is 4.74 Å². The Labute approximate surface area is 204 Å². The predicted molar refractivity (Wildman–Crippen MR) is 129 cm³/mol. The van der Waals surface area contributed by atoms with Crippen LogP contribution in [0.3, 0.4) is 0 Å². The molecule has 2 aliphatic rings. The molecule has 2 aliphatic heterocycles. The third-order valence-electron chi connectivity index (χ3n) is 6.87. The highest BCUT2D eigenvalue weighted by Gasteiger charge is 2.34. The van der Waals surface area contributed by atoms with Gasteiger partial charge in [0.2, 0.25) is 0 Å². The third-order valence-corrected chi connectivity index (χ3v) is 6.87. The molecule has 5 rings (SSSR count). The van der Waals surface area contributed by atoms with Crippen LogP contribution in [0.2, 0.25) is 0 Å². The monoisotopic (exact) mass is 476 g/mol. The summed E-state index contributed by atoms with van der Waals surface area (Å²) in [6.07, 6.45) is 4.21. The van der Waals surface area contributed by atoms with Crippen LogP contribution in [-0.4, -0.2) is 47.4 Å². The fraction of sp³-hybridized carbons (Fsp3) is 0.357. The van der Waals surface area contributed by atoms with Crippen molar-refractivity contribution in [3.63, 3.8) is 0 Å². The maximum absolute atomic E-state index is 13.7. The molecule has 0 bridgehead atoms. The van der Waals surface area contributed by atoms with E-state index in [2.05, 4.69) is 0 Å². The molecule has 0 spiro atoms. The van der Waals surface area contributed by atoms with Crippen LogP contribution in [0.25, 0.3) is 0 Å². The van der Waals surface area contributed by atoms with Crippen LogP contribution in [-0.2, 0) is 11.2 Å². The molecule has 35 heavy (non-hydrogen) atoms. The van der Waals surface area contributed by atoms with Gasteiger partial charge in [-0.25, -0.2) is 4.39 Å². The molecule has 3 aromatic rings. The Morgan fingerprint density at radius 2 is 1.86 bits per heavy atom. The molecule has 2 unspecified atom stereocenters. The number of carbonyl (C=O) groups is 2. The fourth-order valence-corrected chi connectivity index (χ4v) is 5.05. The quantitative estimate of drug-likeness (QED) is 0.503. The summed E-state index contributed by atoms with van der Waals surface area (Å²) in [5.74, 6) is 0.305. The van der Waals surface area contributed by atoms with Gasteiger partial charge in [-0.15, -0.1) is 0 Å². The molecule has 182 valence electrons. The van der Waals surface area contributed by atoms with Crippen LogP contribution in [0.15, 0.2) is 65.3 Å². The summed E-state index contributed by atoms with van der Waals surface area (Å²) in [5, 5.41) is 0. The average molecular weight is 477 g/mol. The van der Waals surface area contributed by atoms with Crippen molar-refractivity contribution in [1.82, 2.24) is 9.80 Å². The second kappa shape index (κ2) is 9.94. The lowest BCUT2D eigenvalue weighted by Gasteiger charge is -2.37. The summed E-state index contributed by atoms with van der Waals surface area (Å²) in [4.78, 5) is 29.9. The second-order valence-electron chi connectivity index (χ2n) is 9.09. The summed E-state index contributed by atoms with van der Waals surface area (Å²) in [6.45, 7) is 4.00. The molecule has 1 aromatic heterocycles. The number of benzene rings is 2. The van der Waals surface area contributed by atoms with Crippen molar-refractivity contribution in [2.75, 3.05) is 19.6 Å². The van der Waals surface area contributed by atoms with Gasteiger partial charge in [0.05, 0.1) is 12.3 Å². The van der Waals surface area contributed by atoms with Crippen LogP contribution >= 0.6 is 0 Å². The summed E-state index contributed by atoms with van der Waals surface area (Å²) in [7, 11) is 0. The van der Waals surface area contributed by atoms with Gasteiger partial charge in [0.15, 0.2) is 11.9 Å².